The summed E-state index contributed by atoms with van der Waals surface area (Å²) in [6.07, 6.45) is 0. The third kappa shape index (κ3) is 2.62. The molecule has 2 aromatic heterocycles. The lowest BCUT2D eigenvalue weighted by Gasteiger charge is -2.12. The summed E-state index contributed by atoms with van der Waals surface area (Å²) in [7, 11) is 1.63. The molecule has 0 aliphatic rings. The molecule has 22 heavy (non-hydrogen) atoms. The first-order valence-electron chi connectivity index (χ1n) is 6.84. The van der Waals surface area contributed by atoms with Gasteiger partial charge in [-0.3, -0.25) is 0 Å². The fourth-order valence-corrected chi connectivity index (χ4v) is 3.60. The second-order valence-electron chi connectivity index (χ2n) is 5.05. The van der Waals surface area contributed by atoms with E-state index in [9.17, 15) is 0 Å². The number of halogens is 1. The summed E-state index contributed by atoms with van der Waals surface area (Å²) in [6.45, 7) is 6.08. The molecule has 3 aromatic rings. The molecular formula is C16H16ClN3OS. The van der Waals surface area contributed by atoms with Crippen molar-refractivity contribution in [3.63, 3.8) is 0 Å². The van der Waals surface area contributed by atoms with Crippen LogP contribution in [0.5, 0.6) is 5.75 Å². The maximum absolute atomic E-state index is 6.10. The average molecular weight is 334 g/mol. The number of aryl methyl sites for hydroxylation is 3. The van der Waals surface area contributed by atoms with Crippen LogP contribution in [0.25, 0.3) is 10.2 Å². The first-order valence-corrected chi connectivity index (χ1v) is 8.04. The van der Waals surface area contributed by atoms with Gasteiger partial charge < -0.3 is 10.1 Å². The van der Waals surface area contributed by atoms with Crippen LogP contribution in [0.1, 0.15) is 16.3 Å². The minimum absolute atomic E-state index is 0.642. The first-order chi connectivity index (χ1) is 10.5. The van der Waals surface area contributed by atoms with E-state index < -0.39 is 0 Å². The Morgan fingerprint density at radius 3 is 2.68 bits per heavy atom. The van der Waals surface area contributed by atoms with Crippen LogP contribution >= 0.6 is 22.9 Å². The van der Waals surface area contributed by atoms with Crippen molar-refractivity contribution in [3.05, 3.63) is 39.5 Å². The summed E-state index contributed by atoms with van der Waals surface area (Å²) >= 11 is 7.78. The van der Waals surface area contributed by atoms with E-state index in [1.807, 2.05) is 19.1 Å². The molecular weight excluding hydrogens is 318 g/mol. The van der Waals surface area contributed by atoms with Gasteiger partial charge in [0.2, 0.25) is 0 Å². The van der Waals surface area contributed by atoms with Gasteiger partial charge in [0.25, 0.3) is 0 Å². The van der Waals surface area contributed by atoms with Crippen molar-refractivity contribution in [3.8, 4) is 5.75 Å². The van der Waals surface area contributed by atoms with E-state index >= 15 is 0 Å². The Hall–Kier alpha value is -1.85. The van der Waals surface area contributed by atoms with Crippen LogP contribution in [0.4, 0.5) is 11.5 Å². The maximum Gasteiger partial charge on any atom is 0.143 e. The van der Waals surface area contributed by atoms with E-state index in [-0.39, 0.29) is 0 Å². The van der Waals surface area contributed by atoms with E-state index in [4.69, 9.17) is 16.3 Å². The van der Waals surface area contributed by atoms with Crippen molar-refractivity contribution in [2.45, 2.75) is 20.8 Å². The Morgan fingerprint density at radius 2 is 1.95 bits per heavy atom. The van der Waals surface area contributed by atoms with E-state index in [0.717, 1.165) is 33.3 Å². The lowest BCUT2D eigenvalue weighted by atomic mass is 10.2. The molecule has 1 aromatic carbocycles. The average Bonchev–Trinajstić information content (AvgIpc) is 2.74. The van der Waals surface area contributed by atoms with Gasteiger partial charge in [0.05, 0.1) is 18.2 Å². The van der Waals surface area contributed by atoms with Crippen LogP contribution < -0.4 is 10.1 Å². The SMILES string of the molecule is COc1ccc(Cl)cc1Nc1nc(C)nc2sc(C)c(C)c12. The molecule has 0 aliphatic heterocycles. The highest BCUT2D eigenvalue weighted by atomic mass is 35.5. The summed E-state index contributed by atoms with van der Waals surface area (Å²) in [6, 6.07) is 5.46. The predicted octanol–water partition coefficient (Wildman–Crippen LogP) is 5.02. The molecule has 114 valence electrons. The zero-order valence-electron chi connectivity index (χ0n) is 12.8. The Morgan fingerprint density at radius 1 is 1.18 bits per heavy atom. The third-order valence-electron chi connectivity index (χ3n) is 3.56. The Kier molecular flexibility index (Phi) is 3.93. The number of fused-ring (bicyclic) bond motifs is 1. The Balaban J connectivity index is 2.17. The Labute approximate surface area is 138 Å². The van der Waals surface area contributed by atoms with Crippen molar-refractivity contribution in [2.24, 2.45) is 0 Å². The van der Waals surface area contributed by atoms with Gasteiger partial charge in [0, 0.05) is 9.90 Å². The quantitative estimate of drug-likeness (QED) is 0.730. The topological polar surface area (TPSA) is 47.0 Å². The molecule has 2 heterocycles. The number of benzene rings is 1. The molecule has 0 saturated carbocycles. The first kappa shape index (κ1) is 15.1. The minimum atomic E-state index is 0.642. The van der Waals surface area contributed by atoms with Gasteiger partial charge in [-0.1, -0.05) is 11.6 Å². The summed E-state index contributed by atoms with van der Waals surface area (Å²) in [5.41, 5.74) is 1.99. The molecule has 0 atom stereocenters. The maximum atomic E-state index is 6.10. The van der Waals surface area contributed by atoms with E-state index in [1.165, 1.54) is 10.4 Å². The minimum Gasteiger partial charge on any atom is -0.495 e. The van der Waals surface area contributed by atoms with Crippen LogP contribution in [0, 0.1) is 20.8 Å². The number of ether oxygens (including phenoxy) is 1. The van der Waals surface area contributed by atoms with Gasteiger partial charge in [0.1, 0.15) is 22.2 Å². The van der Waals surface area contributed by atoms with Crippen molar-refractivity contribution >= 4 is 44.7 Å². The van der Waals surface area contributed by atoms with E-state index in [1.54, 1.807) is 24.5 Å². The second-order valence-corrected chi connectivity index (χ2v) is 6.69. The predicted molar refractivity (Wildman–Crippen MR) is 92.9 cm³/mol. The van der Waals surface area contributed by atoms with Crippen molar-refractivity contribution < 1.29 is 4.74 Å². The van der Waals surface area contributed by atoms with Crippen LogP contribution in [-0.2, 0) is 0 Å². The number of methoxy groups -OCH3 is 1. The number of rotatable bonds is 3. The smallest absolute Gasteiger partial charge is 0.143 e. The highest BCUT2D eigenvalue weighted by Crippen LogP contribution is 2.36. The van der Waals surface area contributed by atoms with Crippen molar-refractivity contribution in [2.75, 3.05) is 12.4 Å². The van der Waals surface area contributed by atoms with Gasteiger partial charge in [-0.05, 0) is 44.5 Å². The van der Waals surface area contributed by atoms with Gasteiger partial charge in [-0.25, -0.2) is 9.97 Å². The lowest BCUT2D eigenvalue weighted by molar-refractivity contribution is 0.417. The molecule has 0 fully saturated rings. The third-order valence-corrected chi connectivity index (χ3v) is 4.89. The molecule has 0 aliphatic carbocycles. The summed E-state index contributed by atoms with van der Waals surface area (Å²) in [4.78, 5) is 11.3. The van der Waals surface area contributed by atoms with Gasteiger partial charge in [-0.2, -0.15) is 0 Å². The van der Waals surface area contributed by atoms with E-state index in [2.05, 4.69) is 29.1 Å². The normalized spacial score (nSPS) is 11.0. The van der Waals surface area contributed by atoms with Gasteiger partial charge >= 0.3 is 0 Å². The van der Waals surface area contributed by atoms with Crippen molar-refractivity contribution in [1.29, 1.82) is 0 Å². The van der Waals surface area contributed by atoms with Crippen LogP contribution in [-0.4, -0.2) is 17.1 Å². The Bertz CT molecular complexity index is 860. The zero-order chi connectivity index (χ0) is 15.9. The highest BCUT2D eigenvalue weighted by molar-refractivity contribution is 7.18. The monoisotopic (exact) mass is 333 g/mol. The highest BCUT2D eigenvalue weighted by Gasteiger charge is 2.15. The summed E-state index contributed by atoms with van der Waals surface area (Å²) in [5, 5.41) is 5.04. The summed E-state index contributed by atoms with van der Waals surface area (Å²) < 4.78 is 5.39. The van der Waals surface area contributed by atoms with Gasteiger partial charge in [-0.15, -0.1) is 11.3 Å². The molecule has 0 radical (unpaired) electrons. The number of hydrogen-bond acceptors (Lipinski definition) is 5. The molecule has 4 nitrogen and oxygen atoms in total. The molecule has 6 heteroatoms. The number of hydrogen-bond donors (Lipinski definition) is 1. The molecule has 0 amide bonds. The fraction of sp³-hybridized carbons (Fsp3) is 0.250. The molecule has 1 N–H and O–H groups in total. The number of aromatic nitrogens is 2. The number of nitrogens with zero attached hydrogens (tertiary/aromatic N) is 2. The van der Waals surface area contributed by atoms with Gasteiger partial charge in [0.15, 0.2) is 0 Å². The zero-order valence-corrected chi connectivity index (χ0v) is 14.4. The van der Waals surface area contributed by atoms with E-state index in [0.29, 0.717) is 5.02 Å². The molecule has 3 rings (SSSR count). The number of thiophene rings is 1. The second kappa shape index (κ2) is 5.74. The molecule has 0 saturated heterocycles. The standard InChI is InChI=1S/C16H16ClN3OS/c1-8-9(2)22-16-14(8)15(18-10(3)19-16)20-12-7-11(17)5-6-13(12)21-4/h5-7H,1-4H3,(H,18,19,20). The molecule has 0 unspecified atom stereocenters. The lowest BCUT2D eigenvalue weighted by Crippen LogP contribution is -2.00. The number of anilines is 2. The molecule has 0 bridgehead atoms. The van der Waals surface area contributed by atoms with Crippen LogP contribution in [0.15, 0.2) is 18.2 Å². The van der Waals surface area contributed by atoms with Crippen LogP contribution in [0.2, 0.25) is 5.02 Å². The van der Waals surface area contributed by atoms with Crippen molar-refractivity contribution in [1.82, 2.24) is 9.97 Å². The summed E-state index contributed by atoms with van der Waals surface area (Å²) in [5.74, 6) is 2.24. The fourth-order valence-electron chi connectivity index (χ4n) is 2.35. The molecule has 0 spiro atoms. The van der Waals surface area contributed by atoms with Crippen LogP contribution in [0.3, 0.4) is 0 Å². The number of nitrogens with one attached hydrogen (secondary N) is 1. The largest absolute Gasteiger partial charge is 0.495 e.